The lowest BCUT2D eigenvalue weighted by molar-refractivity contribution is 0.463. The fourth-order valence-corrected chi connectivity index (χ4v) is 8.11. The number of rotatable bonds is 7. The van der Waals surface area contributed by atoms with E-state index in [1.807, 2.05) is 0 Å². The summed E-state index contributed by atoms with van der Waals surface area (Å²) >= 11 is 0. The molecule has 0 heterocycles. The van der Waals surface area contributed by atoms with Crippen LogP contribution in [0.25, 0.3) is 0 Å². The minimum atomic E-state index is -1.44. The van der Waals surface area contributed by atoms with Gasteiger partial charge in [-0.05, 0) is 30.4 Å². The van der Waals surface area contributed by atoms with E-state index in [-0.39, 0.29) is 0 Å². The smallest absolute Gasteiger partial charge is 0.160 e. The number of benzene rings is 1. The Bertz CT molecular complexity index is 308. The molecule has 1 aromatic carbocycles. The van der Waals surface area contributed by atoms with E-state index in [9.17, 15) is 0 Å². The second-order valence-electron chi connectivity index (χ2n) is 4.67. The van der Waals surface area contributed by atoms with E-state index in [4.69, 9.17) is 0 Å². The molecule has 0 bridgehead atoms. The van der Waals surface area contributed by atoms with Gasteiger partial charge in [0.05, 0.1) is 0 Å². The highest BCUT2D eigenvalue weighted by atomic mass is 28.3. The molecule has 0 aliphatic carbocycles. The maximum Gasteiger partial charge on any atom is 0.160 e. The molecule has 0 saturated carbocycles. The van der Waals surface area contributed by atoms with Crippen molar-refractivity contribution < 1.29 is 0 Å². The Morgan fingerprint density at radius 3 is 1.94 bits per heavy atom. The fourth-order valence-electron chi connectivity index (χ4n) is 3.08. The number of hydrogen-bond donors (Lipinski definition) is 0. The van der Waals surface area contributed by atoms with Gasteiger partial charge in [0.2, 0.25) is 0 Å². The zero-order valence-electron chi connectivity index (χ0n) is 11.9. The molecule has 1 rings (SSSR count). The Labute approximate surface area is 108 Å². The van der Waals surface area contributed by atoms with Gasteiger partial charge in [0.15, 0.2) is 8.24 Å². The molecule has 1 atom stereocenters. The molecule has 0 saturated heterocycles. The monoisotopic (exact) mass is 249 g/mol. The van der Waals surface area contributed by atoms with E-state index in [2.05, 4.69) is 62.6 Å². The second kappa shape index (κ2) is 6.97. The van der Waals surface area contributed by atoms with Crippen molar-refractivity contribution in [3.63, 3.8) is 0 Å². The van der Waals surface area contributed by atoms with Gasteiger partial charge in [-0.3, -0.25) is 0 Å². The van der Waals surface area contributed by atoms with Gasteiger partial charge in [-0.1, -0.05) is 64.4 Å². The molecule has 1 aromatic rings. The first-order chi connectivity index (χ1) is 8.25. The molecular formula is C15H27NSi. The summed E-state index contributed by atoms with van der Waals surface area (Å²) in [5.41, 5.74) is 0. The molecule has 1 unspecified atom stereocenters. The third kappa shape index (κ3) is 2.99. The second-order valence-corrected chi connectivity index (χ2v) is 9.15. The molecule has 0 N–H and O–H groups in total. The average molecular weight is 249 g/mol. The summed E-state index contributed by atoms with van der Waals surface area (Å²) < 4.78 is 2.76. The quantitative estimate of drug-likeness (QED) is 0.667. The van der Waals surface area contributed by atoms with Crippen molar-refractivity contribution in [1.82, 2.24) is 4.57 Å². The molecule has 0 aliphatic heterocycles. The van der Waals surface area contributed by atoms with Gasteiger partial charge >= 0.3 is 0 Å². The van der Waals surface area contributed by atoms with Crippen molar-refractivity contribution in [1.29, 1.82) is 0 Å². The van der Waals surface area contributed by atoms with E-state index in [0.717, 1.165) is 0 Å². The third-order valence-electron chi connectivity index (χ3n) is 3.93. The van der Waals surface area contributed by atoms with Crippen molar-refractivity contribution in [3.8, 4) is 0 Å². The summed E-state index contributed by atoms with van der Waals surface area (Å²) in [6.45, 7) is 11.7. The molecule has 96 valence electrons. The van der Waals surface area contributed by atoms with Crippen LogP contribution in [0, 0.1) is 0 Å². The minimum absolute atomic E-state index is 1.19. The summed E-state index contributed by atoms with van der Waals surface area (Å²) in [4.78, 5) is 0. The van der Waals surface area contributed by atoms with Gasteiger partial charge in [0.25, 0.3) is 0 Å². The lowest BCUT2D eigenvalue weighted by atomic mass is 10.4. The highest BCUT2D eigenvalue weighted by Gasteiger charge is 2.37. The van der Waals surface area contributed by atoms with E-state index in [1.54, 1.807) is 5.19 Å². The largest absolute Gasteiger partial charge is 0.320 e. The molecule has 0 spiro atoms. The van der Waals surface area contributed by atoms with Crippen molar-refractivity contribution in [2.45, 2.75) is 46.2 Å². The zero-order chi connectivity index (χ0) is 12.7. The van der Waals surface area contributed by atoms with Gasteiger partial charge in [-0.15, -0.1) is 0 Å². The molecule has 0 amide bonds. The van der Waals surface area contributed by atoms with Crippen molar-refractivity contribution in [2.24, 2.45) is 0 Å². The lowest BCUT2D eigenvalue weighted by Gasteiger charge is -2.41. The average Bonchev–Trinajstić information content (AvgIpc) is 2.40. The summed E-state index contributed by atoms with van der Waals surface area (Å²) in [7, 11) is -1.44. The standard InChI is InChI=1S/C15H27NSi/c1-5-14-17(8-4,16(6-2)7-3)15-12-10-9-11-13-15/h9-13H,5-8,14H2,1-4H3. The zero-order valence-corrected chi connectivity index (χ0v) is 12.9. The van der Waals surface area contributed by atoms with Crippen molar-refractivity contribution >= 4 is 13.4 Å². The highest BCUT2D eigenvalue weighted by molar-refractivity contribution is 6.89. The first kappa shape index (κ1) is 14.5. The molecule has 17 heavy (non-hydrogen) atoms. The van der Waals surface area contributed by atoms with Crippen LogP contribution in [0.4, 0.5) is 0 Å². The maximum absolute atomic E-state index is 2.76. The number of hydrogen-bond acceptors (Lipinski definition) is 1. The first-order valence-electron chi connectivity index (χ1n) is 7.05. The first-order valence-corrected chi connectivity index (χ1v) is 9.41. The van der Waals surface area contributed by atoms with Gasteiger partial charge in [0, 0.05) is 0 Å². The van der Waals surface area contributed by atoms with Crippen LogP contribution in [-0.2, 0) is 0 Å². The van der Waals surface area contributed by atoms with E-state index in [1.165, 1.54) is 31.6 Å². The normalized spacial score (nSPS) is 14.9. The molecule has 0 aromatic heterocycles. The molecule has 1 nitrogen and oxygen atoms in total. The molecule has 2 heteroatoms. The lowest BCUT2D eigenvalue weighted by Crippen LogP contribution is -2.61. The van der Waals surface area contributed by atoms with Crippen molar-refractivity contribution in [3.05, 3.63) is 30.3 Å². The molecular weight excluding hydrogens is 222 g/mol. The van der Waals surface area contributed by atoms with Crippen LogP contribution in [0.2, 0.25) is 12.1 Å². The van der Waals surface area contributed by atoms with E-state index < -0.39 is 8.24 Å². The SMILES string of the molecule is CCC[Si](CC)(c1ccccc1)N(CC)CC. The van der Waals surface area contributed by atoms with E-state index >= 15 is 0 Å². The van der Waals surface area contributed by atoms with Crippen LogP contribution >= 0.6 is 0 Å². The van der Waals surface area contributed by atoms with Gasteiger partial charge in [-0.2, -0.15) is 0 Å². The van der Waals surface area contributed by atoms with Crippen LogP contribution in [-0.4, -0.2) is 25.9 Å². The summed E-state index contributed by atoms with van der Waals surface area (Å²) in [6.07, 6.45) is 1.30. The van der Waals surface area contributed by atoms with Crippen LogP contribution in [0.5, 0.6) is 0 Å². The summed E-state index contributed by atoms with van der Waals surface area (Å²) in [5, 5.41) is 1.62. The topological polar surface area (TPSA) is 3.24 Å². The minimum Gasteiger partial charge on any atom is -0.320 e. The van der Waals surface area contributed by atoms with Gasteiger partial charge in [-0.25, -0.2) is 0 Å². The summed E-state index contributed by atoms with van der Waals surface area (Å²) in [5.74, 6) is 0. The fraction of sp³-hybridized carbons (Fsp3) is 0.600. The van der Waals surface area contributed by atoms with Crippen LogP contribution in [0.1, 0.15) is 34.1 Å². The van der Waals surface area contributed by atoms with Gasteiger partial charge in [0.1, 0.15) is 0 Å². The maximum atomic E-state index is 2.76. The van der Waals surface area contributed by atoms with Crippen LogP contribution < -0.4 is 5.19 Å². The number of nitrogens with zero attached hydrogens (tertiary/aromatic N) is 1. The van der Waals surface area contributed by atoms with Gasteiger partial charge < -0.3 is 4.57 Å². The van der Waals surface area contributed by atoms with Crippen molar-refractivity contribution in [2.75, 3.05) is 13.1 Å². The highest BCUT2D eigenvalue weighted by Crippen LogP contribution is 2.22. The molecule has 0 fully saturated rings. The predicted molar refractivity (Wildman–Crippen MR) is 80.3 cm³/mol. The molecule has 0 radical (unpaired) electrons. The predicted octanol–water partition coefficient (Wildman–Crippen LogP) is 3.61. The van der Waals surface area contributed by atoms with Crippen LogP contribution in [0.15, 0.2) is 30.3 Å². The Morgan fingerprint density at radius 2 is 1.53 bits per heavy atom. The Hall–Kier alpha value is -0.603. The third-order valence-corrected chi connectivity index (χ3v) is 9.68. The Kier molecular flexibility index (Phi) is 5.93. The Morgan fingerprint density at radius 1 is 0.941 bits per heavy atom. The van der Waals surface area contributed by atoms with E-state index in [0.29, 0.717) is 0 Å². The summed E-state index contributed by atoms with van der Waals surface area (Å²) in [6, 6.07) is 13.9. The molecule has 0 aliphatic rings. The van der Waals surface area contributed by atoms with Crippen LogP contribution in [0.3, 0.4) is 0 Å². The Balaban J connectivity index is 3.16.